The van der Waals surface area contributed by atoms with Crippen LogP contribution >= 0.6 is 0 Å². The van der Waals surface area contributed by atoms with Crippen molar-refractivity contribution in [2.75, 3.05) is 25.6 Å². The van der Waals surface area contributed by atoms with Crippen molar-refractivity contribution in [1.29, 1.82) is 0 Å². The van der Waals surface area contributed by atoms with Gasteiger partial charge in [-0.15, -0.1) is 0 Å². The summed E-state index contributed by atoms with van der Waals surface area (Å²) in [5.74, 6) is 0.232. The predicted octanol–water partition coefficient (Wildman–Crippen LogP) is 0.673. The first-order chi connectivity index (χ1) is 8.13. The van der Waals surface area contributed by atoms with Crippen molar-refractivity contribution in [3.05, 3.63) is 18.0 Å². The Morgan fingerprint density at radius 1 is 1.53 bits per heavy atom. The molecule has 0 spiro atoms. The normalized spacial score (nSPS) is 10.4. The van der Waals surface area contributed by atoms with Crippen molar-refractivity contribution in [3.63, 3.8) is 0 Å². The number of amides is 1. The molecule has 0 fully saturated rings. The summed E-state index contributed by atoms with van der Waals surface area (Å²) in [7, 11) is 1.62. The van der Waals surface area contributed by atoms with E-state index >= 15 is 0 Å². The van der Waals surface area contributed by atoms with Crippen LogP contribution in [0.25, 0.3) is 0 Å². The van der Waals surface area contributed by atoms with Gasteiger partial charge in [-0.25, -0.2) is 9.97 Å². The van der Waals surface area contributed by atoms with Crippen LogP contribution in [0, 0.1) is 0 Å². The number of carbonyl (C=O) groups is 1. The van der Waals surface area contributed by atoms with Gasteiger partial charge in [-0.1, -0.05) is 0 Å². The summed E-state index contributed by atoms with van der Waals surface area (Å²) in [6.07, 6.45) is 1.55. The van der Waals surface area contributed by atoms with Gasteiger partial charge >= 0.3 is 0 Å². The van der Waals surface area contributed by atoms with Crippen LogP contribution in [0.1, 0.15) is 24.3 Å². The molecule has 1 aromatic heterocycles. The van der Waals surface area contributed by atoms with Gasteiger partial charge in [-0.3, -0.25) is 4.79 Å². The molecular formula is C11H18N4O2. The van der Waals surface area contributed by atoms with Crippen LogP contribution in [0.3, 0.4) is 0 Å². The molecule has 94 valence electrons. The molecule has 0 bridgehead atoms. The highest BCUT2D eigenvalue weighted by Crippen LogP contribution is 2.00. The molecule has 1 amide bonds. The van der Waals surface area contributed by atoms with E-state index in [0.717, 1.165) is 0 Å². The zero-order valence-electron chi connectivity index (χ0n) is 10.4. The Morgan fingerprint density at radius 2 is 2.29 bits per heavy atom. The molecular weight excluding hydrogens is 220 g/mol. The largest absolute Gasteiger partial charge is 0.383 e. The molecule has 0 aliphatic rings. The van der Waals surface area contributed by atoms with E-state index in [0.29, 0.717) is 24.8 Å². The summed E-state index contributed by atoms with van der Waals surface area (Å²) in [5, 5.41) is 5.74. The first kappa shape index (κ1) is 13.4. The van der Waals surface area contributed by atoms with Crippen molar-refractivity contribution in [3.8, 4) is 0 Å². The Hall–Kier alpha value is -1.69. The molecule has 2 N–H and O–H groups in total. The summed E-state index contributed by atoms with van der Waals surface area (Å²) >= 11 is 0. The lowest BCUT2D eigenvalue weighted by atomic mass is 10.3. The van der Waals surface area contributed by atoms with E-state index in [-0.39, 0.29) is 11.9 Å². The molecule has 0 aliphatic carbocycles. The number of aromatic nitrogens is 2. The van der Waals surface area contributed by atoms with E-state index in [1.54, 1.807) is 19.4 Å². The van der Waals surface area contributed by atoms with Crippen molar-refractivity contribution in [2.24, 2.45) is 0 Å². The Bertz CT molecular complexity index is 368. The minimum absolute atomic E-state index is 0.0855. The summed E-state index contributed by atoms with van der Waals surface area (Å²) in [5.41, 5.74) is 0.355. The van der Waals surface area contributed by atoms with Gasteiger partial charge in [-0.2, -0.15) is 0 Å². The first-order valence-corrected chi connectivity index (χ1v) is 5.50. The van der Waals surface area contributed by atoms with Crippen LogP contribution in [0.2, 0.25) is 0 Å². The van der Waals surface area contributed by atoms with Crippen molar-refractivity contribution in [2.45, 2.75) is 19.9 Å². The predicted molar refractivity (Wildman–Crippen MR) is 65.0 cm³/mol. The minimum atomic E-state index is -0.197. The van der Waals surface area contributed by atoms with Gasteiger partial charge < -0.3 is 15.4 Å². The summed E-state index contributed by atoms with van der Waals surface area (Å²) in [6.45, 7) is 4.96. The van der Waals surface area contributed by atoms with Gasteiger partial charge in [0.25, 0.3) is 5.91 Å². The molecule has 1 rings (SSSR count). The third-order valence-corrected chi connectivity index (χ3v) is 1.90. The molecule has 0 unspecified atom stereocenters. The molecule has 0 atom stereocenters. The number of anilines is 1. The van der Waals surface area contributed by atoms with Gasteiger partial charge in [0, 0.05) is 25.9 Å². The highest BCUT2D eigenvalue weighted by molar-refractivity contribution is 5.92. The number of ether oxygens (including phenoxy) is 1. The molecule has 1 heterocycles. The molecule has 1 aromatic rings. The quantitative estimate of drug-likeness (QED) is 0.712. The molecule has 6 heteroatoms. The van der Waals surface area contributed by atoms with Crippen LogP contribution in [-0.2, 0) is 4.74 Å². The SMILES string of the molecule is COCCNc1nccc(C(=O)NC(C)C)n1. The second kappa shape index (κ2) is 6.80. The average molecular weight is 238 g/mol. The van der Waals surface area contributed by atoms with E-state index in [1.165, 1.54) is 0 Å². The number of hydrogen-bond acceptors (Lipinski definition) is 5. The van der Waals surface area contributed by atoms with Crippen molar-refractivity contribution in [1.82, 2.24) is 15.3 Å². The van der Waals surface area contributed by atoms with E-state index in [1.807, 2.05) is 13.8 Å². The Balaban J connectivity index is 2.61. The topological polar surface area (TPSA) is 76.1 Å². The van der Waals surface area contributed by atoms with Gasteiger partial charge in [0.15, 0.2) is 0 Å². The number of rotatable bonds is 6. The maximum absolute atomic E-state index is 11.7. The highest BCUT2D eigenvalue weighted by Gasteiger charge is 2.09. The lowest BCUT2D eigenvalue weighted by Crippen LogP contribution is -2.31. The van der Waals surface area contributed by atoms with Crippen LogP contribution in [0.15, 0.2) is 12.3 Å². The maximum atomic E-state index is 11.7. The van der Waals surface area contributed by atoms with Crippen LogP contribution < -0.4 is 10.6 Å². The van der Waals surface area contributed by atoms with Gasteiger partial charge in [0.2, 0.25) is 5.95 Å². The maximum Gasteiger partial charge on any atom is 0.270 e. The standard InChI is InChI=1S/C11H18N4O2/c1-8(2)14-10(16)9-4-5-12-11(15-9)13-6-7-17-3/h4-5,8H,6-7H2,1-3H3,(H,14,16)(H,12,13,15). The fourth-order valence-electron chi connectivity index (χ4n) is 1.17. The van der Waals surface area contributed by atoms with Crippen LogP contribution in [0.5, 0.6) is 0 Å². The van der Waals surface area contributed by atoms with E-state index < -0.39 is 0 Å². The van der Waals surface area contributed by atoms with Crippen LogP contribution in [0.4, 0.5) is 5.95 Å². The van der Waals surface area contributed by atoms with Gasteiger partial charge in [-0.05, 0) is 19.9 Å². The third-order valence-electron chi connectivity index (χ3n) is 1.90. The number of nitrogens with zero attached hydrogens (tertiary/aromatic N) is 2. The Kier molecular flexibility index (Phi) is 5.35. The summed E-state index contributed by atoms with van der Waals surface area (Å²) < 4.78 is 4.90. The van der Waals surface area contributed by atoms with E-state index in [2.05, 4.69) is 20.6 Å². The lowest BCUT2D eigenvalue weighted by Gasteiger charge is -2.08. The molecule has 0 radical (unpaired) electrons. The zero-order chi connectivity index (χ0) is 12.7. The molecule has 6 nitrogen and oxygen atoms in total. The number of carbonyl (C=O) groups excluding carboxylic acids is 1. The number of hydrogen-bond donors (Lipinski definition) is 2. The average Bonchev–Trinajstić information content (AvgIpc) is 2.29. The Labute approximate surface area is 101 Å². The fourth-order valence-corrected chi connectivity index (χ4v) is 1.17. The number of methoxy groups -OCH3 is 1. The summed E-state index contributed by atoms with van der Waals surface area (Å²) in [4.78, 5) is 19.8. The molecule has 0 aliphatic heterocycles. The van der Waals surface area contributed by atoms with Gasteiger partial charge in [0.1, 0.15) is 5.69 Å². The second-order valence-electron chi connectivity index (χ2n) is 3.81. The summed E-state index contributed by atoms with van der Waals surface area (Å²) in [6, 6.07) is 1.67. The monoisotopic (exact) mass is 238 g/mol. The first-order valence-electron chi connectivity index (χ1n) is 5.50. The van der Waals surface area contributed by atoms with E-state index in [4.69, 9.17) is 4.74 Å². The smallest absolute Gasteiger partial charge is 0.270 e. The van der Waals surface area contributed by atoms with Crippen LogP contribution in [-0.4, -0.2) is 42.2 Å². The second-order valence-corrected chi connectivity index (χ2v) is 3.81. The molecule has 0 aromatic carbocycles. The lowest BCUT2D eigenvalue weighted by molar-refractivity contribution is 0.0938. The van der Waals surface area contributed by atoms with Crippen molar-refractivity contribution < 1.29 is 9.53 Å². The molecule has 0 saturated heterocycles. The Morgan fingerprint density at radius 3 is 2.94 bits per heavy atom. The fraction of sp³-hybridized carbons (Fsp3) is 0.545. The third kappa shape index (κ3) is 4.78. The molecule has 0 saturated carbocycles. The number of nitrogens with one attached hydrogen (secondary N) is 2. The zero-order valence-corrected chi connectivity index (χ0v) is 10.4. The van der Waals surface area contributed by atoms with Crippen molar-refractivity contribution >= 4 is 11.9 Å². The highest BCUT2D eigenvalue weighted by atomic mass is 16.5. The minimum Gasteiger partial charge on any atom is -0.383 e. The van der Waals surface area contributed by atoms with Gasteiger partial charge in [0.05, 0.1) is 6.61 Å². The van der Waals surface area contributed by atoms with E-state index in [9.17, 15) is 4.79 Å². The molecule has 17 heavy (non-hydrogen) atoms.